The third-order valence-corrected chi connectivity index (χ3v) is 8.06. The van der Waals surface area contributed by atoms with E-state index in [1.807, 2.05) is 75.4 Å². The number of carbonyl (C=O) groups is 2. The Balaban J connectivity index is 1.88. The number of anilines is 1. The number of amides is 2. The third-order valence-electron chi connectivity index (χ3n) is 6.65. The van der Waals surface area contributed by atoms with Crippen molar-refractivity contribution >= 4 is 39.1 Å². The second-order valence-electron chi connectivity index (χ2n) is 9.98. The number of hydrogen-bond donors (Lipinski definition) is 1. The molecule has 3 aromatic carbocycles. The Bertz CT molecular complexity index is 1410. The van der Waals surface area contributed by atoms with Crippen molar-refractivity contribution in [3.63, 3.8) is 0 Å². The first-order chi connectivity index (χ1) is 19.0. The molecule has 40 heavy (non-hydrogen) atoms. The van der Waals surface area contributed by atoms with Crippen molar-refractivity contribution in [3.05, 3.63) is 100 Å². The summed E-state index contributed by atoms with van der Waals surface area (Å²) in [6, 6.07) is 21.9. The summed E-state index contributed by atoms with van der Waals surface area (Å²) in [6.07, 6.45) is 1.85. The van der Waals surface area contributed by atoms with Gasteiger partial charge < -0.3 is 10.2 Å². The predicted molar refractivity (Wildman–Crippen MR) is 162 cm³/mol. The van der Waals surface area contributed by atoms with Crippen LogP contribution < -0.4 is 9.62 Å². The van der Waals surface area contributed by atoms with Crippen molar-refractivity contribution < 1.29 is 18.0 Å². The first kappa shape index (κ1) is 31.2. The number of rotatable bonds is 13. The molecule has 3 aromatic rings. The molecule has 214 valence electrons. The fraction of sp³-hybridized carbons (Fsp3) is 0.355. The van der Waals surface area contributed by atoms with Crippen molar-refractivity contribution in [2.45, 2.75) is 52.6 Å². The Kier molecular flexibility index (Phi) is 11.2. The van der Waals surface area contributed by atoms with Crippen LogP contribution in [-0.2, 0) is 32.6 Å². The maximum atomic E-state index is 13.8. The highest BCUT2D eigenvalue weighted by Crippen LogP contribution is 2.27. The van der Waals surface area contributed by atoms with Gasteiger partial charge in [-0.15, -0.1) is 0 Å². The van der Waals surface area contributed by atoms with E-state index in [0.717, 1.165) is 28.5 Å². The molecule has 9 heteroatoms. The molecule has 0 aliphatic rings. The van der Waals surface area contributed by atoms with E-state index in [0.29, 0.717) is 23.7 Å². The maximum absolute atomic E-state index is 13.8. The molecule has 0 heterocycles. The average molecular weight is 584 g/mol. The van der Waals surface area contributed by atoms with Crippen LogP contribution in [0.25, 0.3) is 0 Å². The van der Waals surface area contributed by atoms with Crippen molar-refractivity contribution in [2.24, 2.45) is 0 Å². The van der Waals surface area contributed by atoms with E-state index < -0.39 is 16.1 Å². The molecule has 0 fully saturated rings. The summed E-state index contributed by atoms with van der Waals surface area (Å²) < 4.78 is 26.7. The highest BCUT2D eigenvalue weighted by molar-refractivity contribution is 7.92. The van der Waals surface area contributed by atoms with Gasteiger partial charge in [0, 0.05) is 37.5 Å². The van der Waals surface area contributed by atoms with Gasteiger partial charge in [-0.1, -0.05) is 77.8 Å². The van der Waals surface area contributed by atoms with Gasteiger partial charge in [0.2, 0.25) is 21.8 Å². The molecule has 2 amide bonds. The molecule has 1 unspecified atom stereocenters. The van der Waals surface area contributed by atoms with E-state index >= 15 is 0 Å². The largest absolute Gasteiger partial charge is 0.355 e. The van der Waals surface area contributed by atoms with Crippen LogP contribution in [0.2, 0.25) is 5.02 Å². The van der Waals surface area contributed by atoms with Gasteiger partial charge in [0.05, 0.1) is 11.9 Å². The van der Waals surface area contributed by atoms with Crippen LogP contribution in [0.15, 0.2) is 72.8 Å². The van der Waals surface area contributed by atoms with Gasteiger partial charge >= 0.3 is 0 Å². The van der Waals surface area contributed by atoms with Gasteiger partial charge in [-0.3, -0.25) is 13.9 Å². The standard InChI is InChI=1S/C31H38ClN3O4S/c1-5-33-31(37)29(20-25-12-7-6-8-13-25)34(22-26-14-9-11-23(2)19-26)30(36)15-10-18-35(40(4,38)39)28-21-27(32)17-16-24(28)3/h6-9,11-14,16-17,19,21,29H,5,10,15,18,20,22H2,1-4H3,(H,33,37). The minimum atomic E-state index is -3.62. The highest BCUT2D eigenvalue weighted by Gasteiger charge is 2.30. The Morgan fingerprint density at radius 3 is 2.30 bits per heavy atom. The first-order valence-corrected chi connectivity index (χ1v) is 15.6. The summed E-state index contributed by atoms with van der Waals surface area (Å²) in [5, 5.41) is 3.32. The van der Waals surface area contributed by atoms with Gasteiger partial charge in [-0.2, -0.15) is 0 Å². The maximum Gasteiger partial charge on any atom is 0.243 e. The molecule has 0 aromatic heterocycles. The lowest BCUT2D eigenvalue weighted by atomic mass is 10.0. The number of benzene rings is 3. The molecule has 0 spiro atoms. The summed E-state index contributed by atoms with van der Waals surface area (Å²) in [4.78, 5) is 28.8. The Labute approximate surface area is 243 Å². The molecule has 1 N–H and O–H groups in total. The third kappa shape index (κ3) is 8.83. The monoisotopic (exact) mass is 583 g/mol. The number of aryl methyl sites for hydroxylation is 2. The van der Waals surface area contributed by atoms with Crippen LogP contribution in [-0.4, -0.2) is 50.5 Å². The van der Waals surface area contributed by atoms with Crippen LogP contribution in [0.4, 0.5) is 5.69 Å². The molecule has 0 radical (unpaired) electrons. The summed E-state index contributed by atoms with van der Waals surface area (Å²) in [7, 11) is -3.62. The fourth-order valence-corrected chi connectivity index (χ4v) is 5.87. The molecule has 0 saturated heterocycles. The highest BCUT2D eigenvalue weighted by atomic mass is 35.5. The lowest BCUT2D eigenvalue weighted by Gasteiger charge is -2.32. The average Bonchev–Trinajstić information content (AvgIpc) is 2.90. The summed E-state index contributed by atoms with van der Waals surface area (Å²) in [6.45, 7) is 6.46. The van der Waals surface area contributed by atoms with Crippen molar-refractivity contribution in [1.29, 1.82) is 0 Å². The van der Waals surface area contributed by atoms with Crippen molar-refractivity contribution in [3.8, 4) is 0 Å². The number of hydrogen-bond acceptors (Lipinski definition) is 4. The van der Waals surface area contributed by atoms with Crippen LogP contribution >= 0.6 is 11.6 Å². The number of nitrogens with zero attached hydrogens (tertiary/aromatic N) is 2. The molecule has 0 aliphatic carbocycles. The summed E-state index contributed by atoms with van der Waals surface area (Å²) >= 11 is 6.16. The number of halogens is 1. The zero-order chi connectivity index (χ0) is 29.3. The lowest BCUT2D eigenvalue weighted by molar-refractivity contribution is -0.141. The first-order valence-electron chi connectivity index (χ1n) is 13.4. The zero-order valence-corrected chi connectivity index (χ0v) is 25.1. The van der Waals surface area contributed by atoms with Crippen LogP contribution in [0.1, 0.15) is 42.0 Å². The minimum Gasteiger partial charge on any atom is -0.355 e. The van der Waals surface area contributed by atoms with E-state index in [1.54, 1.807) is 23.1 Å². The lowest BCUT2D eigenvalue weighted by Crippen LogP contribution is -2.50. The van der Waals surface area contributed by atoms with Crippen molar-refractivity contribution in [2.75, 3.05) is 23.7 Å². The van der Waals surface area contributed by atoms with Crippen LogP contribution in [0.3, 0.4) is 0 Å². The number of nitrogens with one attached hydrogen (secondary N) is 1. The smallest absolute Gasteiger partial charge is 0.243 e. The molecular weight excluding hydrogens is 546 g/mol. The summed E-state index contributed by atoms with van der Waals surface area (Å²) in [5.74, 6) is -0.440. The van der Waals surface area contributed by atoms with E-state index in [4.69, 9.17) is 11.6 Å². The molecule has 0 bridgehead atoms. The summed E-state index contributed by atoms with van der Waals surface area (Å²) in [5.41, 5.74) is 4.18. The van der Waals surface area contributed by atoms with E-state index in [1.165, 1.54) is 4.31 Å². The number of sulfonamides is 1. The van der Waals surface area contributed by atoms with Crippen LogP contribution in [0.5, 0.6) is 0 Å². The van der Waals surface area contributed by atoms with Crippen LogP contribution in [0, 0.1) is 13.8 Å². The van der Waals surface area contributed by atoms with Gasteiger partial charge in [0.25, 0.3) is 0 Å². The Hall–Kier alpha value is -3.36. The van der Waals surface area contributed by atoms with E-state index in [-0.39, 0.29) is 37.7 Å². The second kappa shape index (κ2) is 14.3. The Morgan fingerprint density at radius 2 is 1.65 bits per heavy atom. The SMILES string of the molecule is CCNC(=O)C(Cc1ccccc1)N(Cc1cccc(C)c1)C(=O)CCCN(c1cc(Cl)ccc1C)S(C)(=O)=O. The minimum absolute atomic E-state index is 0.0716. The second-order valence-corrected chi connectivity index (χ2v) is 12.3. The predicted octanol–water partition coefficient (Wildman–Crippen LogP) is 5.28. The molecule has 1 atom stereocenters. The van der Waals surface area contributed by atoms with Gasteiger partial charge in [0.1, 0.15) is 6.04 Å². The van der Waals surface area contributed by atoms with Gasteiger partial charge in [-0.25, -0.2) is 8.42 Å². The molecule has 0 aliphatic heterocycles. The topological polar surface area (TPSA) is 86.8 Å². The number of likely N-dealkylation sites (N-methyl/N-ethyl adjacent to an activating group) is 1. The quantitative estimate of drug-likeness (QED) is 0.297. The zero-order valence-electron chi connectivity index (χ0n) is 23.6. The van der Waals surface area contributed by atoms with Crippen molar-refractivity contribution in [1.82, 2.24) is 10.2 Å². The Morgan fingerprint density at radius 1 is 0.950 bits per heavy atom. The van der Waals surface area contributed by atoms with E-state index in [9.17, 15) is 18.0 Å². The molecule has 7 nitrogen and oxygen atoms in total. The van der Waals surface area contributed by atoms with Gasteiger partial charge in [0.15, 0.2) is 0 Å². The van der Waals surface area contributed by atoms with E-state index in [2.05, 4.69) is 5.32 Å². The fourth-order valence-electron chi connectivity index (χ4n) is 4.69. The van der Waals surface area contributed by atoms with Gasteiger partial charge in [-0.05, 0) is 56.0 Å². The molecule has 3 rings (SSSR count). The normalized spacial score (nSPS) is 12.0. The number of carbonyl (C=O) groups excluding carboxylic acids is 2. The molecular formula is C31H38ClN3O4S. The molecule has 0 saturated carbocycles.